The molecule has 1 aromatic heterocycles. The van der Waals surface area contributed by atoms with Crippen LogP contribution in [0.5, 0.6) is 0 Å². The fourth-order valence-electron chi connectivity index (χ4n) is 0.762. The average molecular weight is 216 g/mol. The number of amides is 1. The molecular weight excluding hydrogens is 207 g/mol. The Morgan fingerprint density at radius 1 is 1.50 bits per heavy atom. The van der Waals surface area contributed by atoms with E-state index in [2.05, 4.69) is 10.3 Å². The monoisotopic (exact) mass is 216 g/mol. The molecule has 1 rings (SSSR count). The Labute approximate surface area is 80.1 Å². The van der Waals surface area contributed by atoms with Gasteiger partial charge in [0.2, 0.25) is 0 Å². The van der Waals surface area contributed by atoms with Crippen molar-refractivity contribution >= 4 is 13.5 Å². The van der Waals surface area contributed by atoms with Gasteiger partial charge < -0.3 is 15.1 Å². The minimum absolute atomic E-state index is 0.126. The SMILES string of the molecule is O=C(NCP(=O)(O)O)c1ccccn1. The molecule has 76 valence electrons. The lowest BCUT2D eigenvalue weighted by Gasteiger charge is -2.05. The van der Waals surface area contributed by atoms with E-state index in [1.807, 2.05) is 0 Å². The molecule has 1 aromatic rings. The summed E-state index contributed by atoms with van der Waals surface area (Å²) >= 11 is 0. The molecule has 0 spiro atoms. The van der Waals surface area contributed by atoms with E-state index in [1.165, 1.54) is 12.3 Å². The Balaban J connectivity index is 2.57. The Kier molecular flexibility index (Phi) is 3.35. The predicted molar refractivity (Wildman–Crippen MR) is 48.6 cm³/mol. The zero-order chi connectivity index (χ0) is 10.6. The van der Waals surface area contributed by atoms with Crippen LogP contribution in [0.1, 0.15) is 10.5 Å². The molecule has 1 amide bonds. The number of carbonyl (C=O) groups is 1. The van der Waals surface area contributed by atoms with Gasteiger partial charge >= 0.3 is 7.60 Å². The summed E-state index contributed by atoms with van der Waals surface area (Å²) < 4.78 is 10.4. The second-order valence-electron chi connectivity index (χ2n) is 2.54. The van der Waals surface area contributed by atoms with E-state index in [0.29, 0.717) is 0 Å². The molecule has 0 unspecified atom stereocenters. The van der Waals surface area contributed by atoms with E-state index in [4.69, 9.17) is 9.79 Å². The van der Waals surface area contributed by atoms with Crippen molar-refractivity contribution in [2.75, 3.05) is 6.29 Å². The first-order valence-corrected chi connectivity index (χ1v) is 5.52. The summed E-state index contributed by atoms with van der Waals surface area (Å²) in [7, 11) is -4.20. The van der Waals surface area contributed by atoms with Crippen molar-refractivity contribution in [2.45, 2.75) is 0 Å². The maximum Gasteiger partial charge on any atom is 0.344 e. The van der Waals surface area contributed by atoms with Gasteiger partial charge in [-0.1, -0.05) is 6.07 Å². The second-order valence-corrected chi connectivity index (χ2v) is 4.19. The Morgan fingerprint density at radius 2 is 2.21 bits per heavy atom. The molecule has 0 saturated heterocycles. The van der Waals surface area contributed by atoms with Crippen LogP contribution in [0.15, 0.2) is 24.4 Å². The number of pyridine rings is 1. The topological polar surface area (TPSA) is 99.5 Å². The highest BCUT2D eigenvalue weighted by Gasteiger charge is 2.15. The molecule has 0 fully saturated rings. The Morgan fingerprint density at radius 3 is 2.71 bits per heavy atom. The summed E-state index contributed by atoms with van der Waals surface area (Å²) in [6.45, 7) is 0. The number of rotatable bonds is 3. The smallest absolute Gasteiger partial charge is 0.339 e. The number of aromatic nitrogens is 1. The predicted octanol–water partition coefficient (Wildman–Crippen LogP) is -0.0534. The minimum atomic E-state index is -4.20. The van der Waals surface area contributed by atoms with Gasteiger partial charge in [-0.05, 0) is 12.1 Å². The molecule has 0 atom stereocenters. The summed E-state index contributed by atoms with van der Waals surface area (Å²) in [6, 6.07) is 4.70. The van der Waals surface area contributed by atoms with E-state index >= 15 is 0 Å². The molecule has 3 N–H and O–H groups in total. The van der Waals surface area contributed by atoms with Gasteiger partial charge in [0.25, 0.3) is 5.91 Å². The number of hydrogen-bond donors (Lipinski definition) is 3. The Hall–Kier alpha value is -1.23. The number of carbonyl (C=O) groups excluding carboxylic acids is 1. The van der Waals surface area contributed by atoms with Crippen molar-refractivity contribution in [2.24, 2.45) is 0 Å². The first-order valence-electron chi connectivity index (χ1n) is 3.73. The molecule has 6 nitrogen and oxygen atoms in total. The van der Waals surface area contributed by atoms with Gasteiger partial charge in [0.15, 0.2) is 0 Å². The molecule has 14 heavy (non-hydrogen) atoms. The second kappa shape index (κ2) is 4.32. The van der Waals surface area contributed by atoms with Gasteiger partial charge in [-0.15, -0.1) is 0 Å². The normalized spacial score (nSPS) is 11.0. The highest BCUT2D eigenvalue weighted by Crippen LogP contribution is 2.31. The molecule has 0 aliphatic heterocycles. The molecule has 0 aromatic carbocycles. The van der Waals surface area contributed by atoms with Crippen molar-refractivity contribution in [3.05, 3.63) is 30.1 Å². The van der Waals surface area contributed by atoms with E-state index in [0.717, 1.165) is 0 Å². The molecule has 1 heterocycles. The van der Waals surface area contributed by atoms with Crippen LogP contribution >= 0.6 is 7.60 Å². The van der Waals surface area contributed by atoms with Crippen LogP contribution in [0.3, 0.4) is 0 Å². The molecule has 0 saturated carbocycles. The number of hydrogen-bond acceptors (Lipinski definition) is 3. The van der Waals surface area contributed by atoms with Crippen LogP contribution in [0, 0.1) is 0 Å². The van der Waals surface area contributed by atoms with Crippen LogP contribution < -0.4 is 5.32 Å². The van der Waals surface area contributed by atoms with Gasteiger partial charge in [0.05, 0.1) is 0 Å². The maximum absolute atomic E-state index is 11.2. The summed E-state index contributed by atoms with van der Waals surface area (Å²) in [4.78, 5) is 31.9. The van der Waals surface area contributed by atoms with Gasteiger partial charge in [-0.25, -0.2) is 0 Å². The van der Waals surface area contributed by atoms with Gasteiger partial charge in [0, 0.05) is 6.20 Å². The van der Waals surface area contributed by atoms with Crippen LogP contribution in [0.2, 0.25) is 0 Å². The fourth-order valence-corrected chi connectivity index (χ4v) is 1.11. The first-order chi connectivity index (χ1) is 6.49. The first kappa shape index (κ1) is 10.8. The van der Waals surface area contributed by atoms with Gasteiger partial charge in [-0.3, -0.25) is 14.3 Å². The lowest BCUT2D eigenvalue weighted by atomic mass is 10.3. The molecule has 0 radical (unpaired) electrons. The highest BCUT2D eigenvalue weighted by molar-refractivity contribution is 7.51. The largest absolute Gasteiger partial charge is 0.344 e. The summed E-state index contributed by atoms with van der Waals surface area (Å²) in [5, 5.41) is 2.07. The summed E-state index contributed by atoms with van der Waals surface area (Å²) in [6.07, 6.45) is 0.745. The van der Waals surface area contributed by atoms with Crippen LogP contribution in [-0.4, -0.2) is 27.0 Å². The third kappa shape index (κ3) is 3.66. The molecule has 0 bridgehead atoms. The van der Waals surface area contributed by atoms with Crippen molar-refractivity contribution in [1.29, 1.82) is 0 Å². The van der Waals surface area contributed by atoms with Crippen molar-refractivity contribution in [1.82, 2.24) is 10.3 Å². The highest BCUT2D eigenvalue weighted by atomic mass is 31.2. The fraction of sp³-hybridized carbons (Fsp3) is 0.143. The van der Waals surface area contributed by atoms with Crippen molar-refractivity contribution in [3.8, 4) is 0 Å². The van der Waals surface area contributed by atoms with Crippen LogP contribution in [-0.2, 0) is 4.57 Å². The third-order valence-electron chi connectivity index (χ3n) is 1.34. The zero-order valence-electron chi connectivity index (χ0n) is 7.12. The maximum atomic E-state index is 11.2. The van der Waals surface area contributed by atoms with E-state index < -0.39 is 19.8 Å². The number of nitrogens with zero attached hydrogens (tertiary/aromatic N) is 1. The standard InChI is InChI=1S/C7H9N2O4P/c10-7(9-5-14(11,12)13)6-3-1-2-4-8-6/h1-4H,5H2,(H,9,10)(H2,11,12,13). The third-order valence-corrected chi connectivity index (χ3v) is 1.91. The summed E-state index contributed by atoms with van der Waals surface area (Å²) in [5.41, 5.74) is 0.126. The van der Waals surface area contributed by atoms with E-state index in [-0.39, 0.29) is 5.69 Å². The quantitative estimate of drug-likeness (QED) is 0.615. The number of nitrogens with one attached hydrogen (secondary N) is 1. The lowest BCUT2D eigenvalue weighted by Crippen LogP contribution is -2.25. The molecule has 0 aliphatic carbocycles. The molecule has 0 aliphatic rings. The Bertz CT molecular complexity index is 361. The molecule has 7 heteroatoms. The lowest BCUT2D eigenvalue weighted by molar-refractivity contribution is 0.0952. The van der Waals surface area contributed by atoms with Crippen molar-refractivity contribution in [3.63, 3.8) is 0 Å². The van der Waals surface area contributed by atoms with Gasteiger partial charge in [0.1, 0.15) is 12.0 Å². The average Bonchev–Trinajstić information content (AvgIpc) is 2.14. The van der Waals surface area contributed by atoms with E-state index in [1.54, 1.807) is 12.1 Å². The van der Waals surface area contributed by atoms with E-state index in [9.17, 15) is 9.36 Å². The zero-order valence-corrected chi connectivity index (χ0v) is 8.02. The molecular formula is C7H9N2O4P. The van der Waals surface area contributed by atoms with Crippen LogP contribution in [0.4, 0.5) is 0 Å². The van der Waals surface area contributed by atoms with Gasteiger partial charge in [-0.2, -0.15) is 0 Å². The van der Waals surface area contributed by atoms with Crippen LogP contribution in [0.25, 0.3) is 0 Å². The summed E-state index contributed by atoms with van der Waals surface area (Å²) in [5.74, 6) is -0.603. The van der Waals surface area contributed by atoms with Crippen molar-refractivity contribution < 1.29 is 19.1 Å². The minimum Gasteiger partial charge on any atom is -0.339 e.